The Hall–Kier alpha value is -2.46. The Morgan fingerprint density at radius 2 is 2.07 bits per heavy atom. The van der Waals surface area contributed by atoms with Gasteiger partial charge in [0.25, 0.3) is 0 Å². The van der Waals surface area contributed by atoms with E-state index in [1.807, 2.05) is 19.9 Å². The molecule has 0 fully saturated rings. The van der Waals surface area contributed by atoms with E-state index in [9.17, 15) is 14.7 Å². The van der Waals surface area contributed by atoms with Gasteiger partial charge in [-0.25, -0.2) is 4.79 Å². The molecule has 4 N–H and O–H groups in total. The fraction of sp³-hybridized carbons (Fsp3) is 0.500. The van der Waals surface area contributed by atoms with E-state index in [0.717, 1.165) is 17.4 Å². The zero-order chi connectivity index (χ0) is 22.0. The number of carbonyl (C=O) groups is 2. The molecule has 0 radical (unpaired) electrons. The minimum Gasteiger partial charge on any atom is -0.507 e. The Bertz CT molecular complexity index is 745. The SMILES string of the molecule is CNCCN(O)O.COc1c(C)c2c(c(O)c1C/C=C(\C)CCC=O)C(=O)OC2. The lowest BCUT2D eigenvalue weighted by Crippen LogP contribution is -2.24. The van der Waals surface area contributed by atoms with Crippen LogP contribution in [0.25, 0.3) is 0 Å². The number of ether oxygens (including phenoxy) is 2. The minimum absolute atomic E-state index is 0.0700. The molecule has 2 rings (SSSR count). The second kappa shape index (κ2) is 12.2. The molecule has 0 aromatic heterocycles. The van der Waals surface area contributed by atoms with Crippen LogP contribution >= 0.6 is 0 Å². The van der Waals surface area contributed by atoms with Crippen LogP contribution in [0.3, 0.4) is 0 Å². The molecule has 1 aliphatic rings. The molecular formula is C20H30N2O7. The summed E-state index contributed by atoms with van der Waals surface area (Å²) in [6, 6.07) is 0. The van der Waals surface area contributed by atoms with Crippen molar-refractivity contribution in [3.05, 3.63) is 33.9 Å². The molecule has 1 aromatic rings. The van der Waals surface area contributed by atoms with Crippen LogP contribution in [0.1, 0.15) is 46.8 Å². The molecular weight excluding hydrogens is 380 g/mol. The molecule has 0 saturated heterocycles. The normalized spacial score (nSPS) is 12.9. The number of phenolic OH excluding ortho intramolecular Hbond substituents is 1. The number of nitrogens with zero attached hydrogens (tertiary/aromatic N) is 1. The van der Waals surface area contributed by atoms with E-state index in [0.29, 0.717) is 42.7 Å². The number of carbonyl (C=O) groups excluding carboxylic acids is 2. The minimum atomic E-state index is -0.499. The quantitative estimate of drug-likeness (QED) is 0.209. The molecule has 0 atom stereocenters. The van der Waals surface area contributed by atoms with E-state index in [4.69, 9.17) is 19.9 Å². The highest BCUT2D eigenvalue weighted by atomic mass is 16.8. The van der Waals surface area contributed by atoms with Crippen LogP contribution in [0.4, 0.5) is 0 Å². The fourth-order valence-corrected chi connectivity index (χ4v) is 2.90. The van der Waals surface area contributed by atoms with Crippen LogP contribution in [-0.2, 0) is 22.6 Å². The van der Waals surface area contributed by atoms with E-state index >= 15 is 0 Å². The van der Waals surface area contributed by atoms with Gasteiger partial charge >= 0.3 is 5.97 Å². The molecule has 29 heavy (non-hydrogen) atoms. The number of allylic oxidation sites excluding steroid dienone is 2. The van der Waals surface area contributed by atoms with E-state index < -0.39 is 5.97 Å². The summed E-state index contributed by atoms with van der Waals surface area (Å²) >= 11 is 0. The summed E-state index contributed by atoms with van der Waals surface area (Å²) in [7, 11) is 3.28. The molecule has 0 unspecified atom stereocenters. The summed E-state index contributed by atoms with van der Waals surface area (Å²) in [5.74, 6) is 0.00883. The van der Waals surface area contributed by atoms with Crippen LogP contribution in [0, 0.1) is 6.92 Å². The first-order valence-corrected chi connectivity index (χ1v) is 9.25. The molecule has 162 valence electrons. The first-order chi connectivity index (χ1) is 13.8. The average Bonchev–Trinajstić information content (AvgIpc) is 3.08. The number of esters is 1. The lowest BCUT2D eigenvalue weighted by molar-refractivity contribution is -0.305. The monoisotopic (exact) mass is 410 g/mol. The van der Waals surface area contributed by atoms with Gasteiger partial charge in [-0.1, -0.05) is 16.9 Å². The fourth-order valence-electron chi connectivity index (χ4n) is 2.90. The number of phenols is 1. The number of rotatable bonds is 9. The number of methoxy groups -OCH3 is 1. The van der Waals surface area contributed by atoms with Crippen molar-refractivity contribution in [1.82, 2.24) is 10.5 Å². The van der Waals surface area contributed by atoms with Crippen molar-refractivity contribution < 1.29 is 34.6 Å². The van der Waals surface area contributed by atoms with Crippen molar-refractivity contribution in [2.75, 3.05) is 27.2 Å². The van der Waals surface area contributed by atoms with Gasteiger partial charge in [0.15, 0.2) is 0 Å². The van der Waals surface area contributed by atoms with Crippen molar-refractivity contribution in [3.63, 3.8) is 0 Å². The molecule has 1 heterocycles. The van der Waals surface area contributed by atoms with Gasteiger partial charge in [-0.2, -0.15) is 0 Å². The second-order valence-electron chi connectivity index (χ2n) is 6.57. The van der Waals surface area contributed by atoms with Crippen LogP contribution in [0.5, 0.6) is 11.5 Å². The maximum atomic E-state index is 11.8. The number of hydrogen-bond donors (Lipinski definition) is 4. The van der Waals surface area contributed by atoms with Gasteiger partial charge in [0.2, 0.25) is 0 Å². The van der Waals surface area contributed by atoms with Crippen LogP contribution in [-0.4, -0.2) is 60.3 Å². The van der Waals surface area contributed by atoms with Crippen molar-refractivity contribution in [3.8, 4) is 11.5 Å². The number of nitrogens with one attached hydrogen (secondary N) is 1. The van der Waals surface area contributed by atoms with Crippen molar-refractivity contribution in [2.24, 2.45) is 0 Å². The number of benzene rings is 1. The molecule has 0 spiro atoms. The predicted octanol–water partition coefficient (Wildman–Crippen LogP) is 2.13. The molecule has 9 heteroatoms. The number of hydroxylamine groups is 2. The van der Waals surface area contributed by atoms with E-state index in [-0.39, 0.29) is 29.7 Å². The van der Waals surface area contributed by atoms with E-state index in [1.54, 1.807) is 7.05 Å². The first kappa shape index (κ1) is 24.6. The third-order valence-corrected chi connectivity index (χ3v) is 4.52. The lowest BCUT2D eigenvalue weighted by atomic mass is 9.94. The van der Waals surface area contributed by atoms with Gasteiger partial charge in [-0.05, 0) is 39.3 Å². The molecule has 0 aliphatic carbocycles. The molecule has 9 nitrogen and oxygen atoms in total. The maximum absolute atomic E-state index is 11.8. The number of aldehydes is 1. The zero-order valence-electron chi connectivity index (χ0n) is 17.3. The third kappa shape index (κ3) is 6.82. The van der Waals surface area contributed by atoms with Crippen molar-refractivity contribution in [1.29, 1.82) is 0 Å². The topological polar surface area (TPSA) is 129 Å². The van der Waals surface area contributed by atoms with Gasteiger partial charge in [0.1, 0.15) is 30.0 Å². The summed E-state index contributed by atoms with van der Waals surface area (Å²) in [6.45, 7) is 4.76. The summed E-state index contributed by atoms with van der Waals surface area (Å²) in [5, 5.41) is 29.4. The van der Waals surface area contributed by atoms with E-state index in [2.05, 4.69) is 5.32 Å². The third-order valence-electron chi connectivity index (χ3n) is 4.52. The van der Waals surface area contributed by atoms with Gasteiger partial charge in [-0.3, -0.25) is 10.4 Å². The predicted molar refractivity (Wildman–Crippen MR) is 105 cm³/mol. The summed E-state index contributed by atoms with van der Waals surface area (Å²) < 4.78 is 10.4. The van der Waals surface area contributed by atoms with Gasteiger partial charge < -0.3 is 24.7 Å². The largest absolute Gasteiger partial charge is 0.507 e. The van der Waals surface area contributed by atoms with Crippen LogP contribution < -0.4 is 10.1 Å². The number of likely N-dealkylation sites (N-methyl/N-ethyl adjacent to an activating group) is 1. The Labute approximate surface area is 170 Å². The summed E-state index contributed by atoms with van der Waals surface area (Å²) in [6.07, 6.45) is 4.40. The Morgan fingerprint density at radius 3 is 2.59 bits per heavy atom. The van der Waals surface area contributed by atoms with Crippen molar-refractivity contribution >= 4 is 12.3 Å². The van der Waals surface area contributed by atoms with Crippen LogP contribution in [0.15, 0.2) is 11.6 Å². The Balaban J connectivity index is 0.000000516. The Kier molecular flexibility index (Phi) is 10.3. The smallest absolute Gasteiger partial charge is 0.342 e. The maximum Gasteiger partial charge on any atom is 0.342 e. The first-order valence-electron chi connectivity index (χ1n) is 9.25. The highest BCUT2D eigenvalue weighted by Crippen LogP contribution is 2.41. The van der Waals surface area contributed by atoms with Gasteiger partial charge in [-0.15, -0.1) is 0 Å². The highest BCUT2D eigenvalue weighted by Gasteiger charge is 2.31. The number of fused-ring (bicyclic) bond motifs is 1. The zero-order valence-corrected chi connectivity index (χ0v) is 17.3. The highest BCUT2D eigenvalue weighted by molar-refractivity contribution is 5.98. The number of hydrogen-bond acceptors (Lipinski definition) is 9. The molecule has 0 saturated carbocycles. The standard InChI is InChI=1S/C17H20O5.C3H10N2O2/c1-10(5-4-8-18)6-7-12-15(19)14-13(9-22-17(14)20)11(2)16(12)21-3;1-4-2-3-5(6)7/h6,8,19H,4-5,7,9H2,1-3H3;4,6-7H,2-3H2,1H3/b10-6+;. The molecule has 1 aromatic carbocycles. The van der Waals surface area contributed by atoms with Gasteiger partial charge in [0.05, 0.1) is 13.7 Å². The Morgan fingerprint density at radius 1 is 1.38 bits per heavy atom. The number of aromatic hydroxyl groups is 1. The molecule has 1 aliphatic heterocycles. The van der Waals surface area contributed by atoms with Crippen molar-refractivity contribution in [2.45, 2.75) is 39.7 Å². The lowest BCUT2D eigenvalue weighted by Gasteiger charge is -2.15. The number of cyclic esters (lactones) is 1. The summed E-state index contributed by atoms with van der Waals surface area (Å²) in [5.41, 5.74) is 3.37. The summed E-state index contributed by atoms with van der Waals surface area (Å²) in [4.78, 5) is 22.2. The molecule has 0 bridgehead atoms. The van der Waals surface area contributed by atoms with Gasteiger partial charge in [0, 0.05) is 24.1 Å². The van der Waals surface area contributed by atoms with Crippen LogP contribution in [0.2, 0.25) is 0 Å². The molecule has 0 amide bonds. The second-order valence-corrected chi connectivity index (χ2v) is 6.57. The van der Waals surface area contributed by atoms with E-state index in [1.165, 1.54) is 7.11 Å². The average molecular weight is 410 g/mol.